The summed E-state index contributed by atoms with van der Waals surface area (Å²) in [7, 11) is 0. The summed E-state index contributed by atoms with van der Waals surface area (Å²) in [5, 5.41) is 3.50. The number of aryl methyl sites for hydroxylation is 1. The number of fused-ring (bicyclic) bond motifs is 1. The van der Waals surface area contributed by atoms with E-state index in [-0.39, 0.29) is 18.3 Å². The fourth-order valence-corrected chi connectivity index (χ4v) is 3.46. The van der Waals surface area contributed by atoms with Gasteiger partial charge in [0.1, 0.15) is 17.0 Å². The molecule has 0 saturated heterocycles. The summed E-state index contributed by atoms with van der Waals surface area (Å²) in [6.45, 7) is 4.32. The maximum atomic E-state index is 13.6. The van der Waals surface area contributed by atoms with Crippen molar-refractivity contribution in [3.63, 3.8) is 0 Å². The summed E-state index contributed by atoms with van der Waals surface area (Å²) in [5.74, 6) is -0.124. The minimum absolute atomic E-state index is 0.128. The molecular weight excluding hydrogens is 329 g/mol. The molecule has 0 fully saturated rings. The average Bonchev–Trinajstić information content (AvgIpc) is 2.92. The summed E-state index contributed by atoms with van der Waals surface area (Å²) < 4.78 is 19.2. The molecule has 3 aromatic rings. The molecule has 0 bridgehead atoms. The number of ether oxygens (including phenoxy) is 1. The molecule has 3 rings (SSSR count). The van der Waals surface area contributed by atoms with Gasteiger partial charge in [0.15, 0.2) is 0 Å². The number of aromatic nitrogens is 2. The molecule has 124 valence electrons. The second-order valence-corrected chi connectivity index (χ2v) is 6.12. The highest BCUT2D eigenvalue weighted by Crippen LogP contribution is 2.34. The van der Waals surface area contributed by atoms with Crippen LogP contribution in [0.4, 0.5) is 4.39 Å². The third-order valence-electron chi connectivity index (χ3n) is 3.58. The monoisotopic (exact) mass is 345 g/mol. The van der Waals surface area contributed by atoms with Gasteiger partial charge in [-0.3, -0.25) is 4.79 Å². The molecule has 0 saturated carbocycles. The first-order valence-electron chi connectivity index (χ1n) is 7.50. The second-order valence-electron chi connectivity index (χ2n) is 5.12. The van der Waals surface area contributed by atoms with Gasteiger partial charge in [-0.15, -0.1) is 11.3 Å². The molecule has 0 spiro atoms. The molecule has 2 aromatic heterocycles. The van der Waals surface area contributed by atoms with Crippen LogP contribution in [0.3, 0.4) is 0 Å². The lowest BCUT2D eigenvalue weighted by atomic mass is 10.2. The number of carbonyl (C=O) groups is 1. The van der Waals surface area contributed by atoms with Crippen molar-refractivity contribution in [2.45, 2.75) is 20.4 Å². The molecule has 1 aromatic carbocycles. The Kier molecular flexibility index (Phi) is 4.71. The van der Waals surface area contributed by atoms with Crippen LogP contribution in [0.25, 0.3) is 10.2 Å². The van der Waals surface area contributed by atoms with Gasteiger partial charge < -0.3 is 10.1 Å². The highest BCUT2D eigenvalue weighted by molar-refractivity contribution is 7.20. The zero-order valence-electron chi connectivity index (χ0n) is 13.3. The Bertz CT molecular complexity index is 895. The number of rotatable bonds is 5. The lowest BCUT2D eigenvalue weighted by Gasteiger charge is -2.06. The van der Waals surface area contributed by atoms with Crippen LogP contribution >= 0.6 is 11.3 Å². The quantitative estimate of drug-likeness (QED) is 0.769. The first-order chi connectivity index (χ1) is 11.6. The summed E-state index contributed by atoms with van der Waals surface area (Å²) in [6, 6.07) is 6.37. The number of amides is 1. The lowest BCUT2D eigenvalue weighted by Crippen LogP contribution is -2.23. The highest BCUT2D eigenvalue weighted by Gasteiger charge is 2.20. The van der Waals surface area contributed by atoms with Crippen molar-refractivity contribution in [2.24, 2.45) is 0 Å². The molecule has 0 atom stereocenters. The van der Waals surface area contributed by atoms with Gasteiger partial charge >= 0.3 is 0 Å². The summed E-state index contributed by atoms with van der Waals surface area (Å²) in [4.78, 5) is 22.0. The molecule has 0 aliphatic rings. The summed E-state index contributed by atoms with van der Waals surface area (Å²) >= 11 is 1.27. The van der Waals surface area contributed by atoms with Gasteiger partial charge in [0.25, 0.3) is 5.91 Å². The van der Waals surface area contributed by atoms with Crippen LogP contribution < -0.4 is 10.1 Å². The molecule has 0 aliphatic heterocycles. The van der Waals surface area contributed by atoms with Crippen LogP contribution in [0.2, 0.25) is 0 Å². The first kappa shape index (κ1) is 16.3. The van der Waals surface area contributed by atoms with E-state index in [0.29, 0.717) is 27.8 Å². The molecule has 0 radical (unpaired) electrons. The van der Waals surface area contributed by atoms with E-state index < -0.39 is 0 Å². The number of hydrogen-bond acceptors (Lipinski definition) is 5. The molecule has 7 heteroatoms. The predicted octanol–water partition coefficient (Wildman–Crippen LogP) is 3.47. The fraction of sp³-hybridized carbons (Fsp3) is 0.235. The van der Waals surface area contributed by atoms with Gasteiger partial charge in [-0.1, -0.05) is 18.2 Å². The van der Waals surface area contributed by atoms with Gasteiger partial charge in [-0.05, 0) is 25.5 Å². The van der Waals surface area contributed by atoms with Crippen molar-refractivity contribution in [3.05, 3.63) is 52.4 Å². The number of thiophene rings is 1. The lowest BCUT2D eigenvalue weighted by molar-refractivity contribution is 0.0954. The second kappa shape index (κ2) is 6.92. The minimum atomic E-state index is -0.338. The van der Waals surface area contributed by atoms with Gasteiger partial charge in [0.2, 0.25) is 5.88 Å². The van der Waals surface area contributed by atoms with E-state index in [1.54, 1.807) is 18.2 Å². The average molecular weight is 345 g/mol. The Morgan fingerprint density at radius 3 is 2.88 bits per heavy atom. The Morgan fingerprint density at radius 2 is 2.12 bits per heavy atom. The largest absolute Gasteiger partial charge is 0.477 e. The molecule has 1 N–H and O–H groups in total. The number of hydrogen-bond donors (Lipinski definition) is 1. The maximum absolute atomic E-state index is 13.6. The van der Waals surface area contributed by atoms with Crippen LogP contribution in [0.5, 0.6) is 5.88 Å². The van der Waals surface area contributed by atoms with Crippen LogP contribution in [0.1, 0.15) is 27.7 Å². The summed E-state index contributed by atoms with van der Waals surface area (Å²) in [5.41, 5.74) is 1.21. The van der Waals surface area contributed by atoms with Gasteiger partial charge in [-0.2, -0.15) is 0 Å². The molecule has 0 aliphatic carbocycles. The number of nitrogens with zero attached hydrogens (tertiary/aromatic N) is 2. The third kappa shape index (κ3) is 3.07. The van der Waals surface area contributed by atoms with E-state index in [1.165, 1.54) is 23.7 Å². The van der Waals surface area contributed by atoms with E-state index >= 15 is 0 Å². The van der Waals surface area contributed by atoms with E-state index in [0.717, 1.165) is 10.9 Å². The third-order valence-corrected chi connectivity index (χ3v) is 4.78. The van der Waals surface area contributed by atoms with Crippen LogP contribution in [0, 0.1) is 12.7 Å². The van der Waals surface area contributed by atoms with Gasteiger partial charge in [-0.25, -0.2) is 14.4 Å². The van der Waals surface area contributed by atoms with Crippen LogP contribution in [-0.2, 0) is 6.54 Å². The van der Waals surface area contributed by atoms with Gasteiger partial charge in [0.05, 0.1) is 16.9 Å². The van der Waals surface area contributed by atoms with Crippen LogP contribution in [-0.4, -0.2) is 22.5 Å². The predicted molar refractivity (Wildman–Crippen MR) is 90.9 cm³/mol. The van der Waals surface area contributed by atoms with Crippen molar-refractivity contribution in [1.29, 1.82) is 0 Å². The van der Waals surface area contributed by atoms with Crippen LogP contribution in [0.15, 0.2) is 30.6 Å². The molecular formula is C17H16FN3O2S. The Labute approximate surface area is 142 Å². The Balaban J connectivity index is 1.86. The van der Waals surface area contributed by atoms with Gasteiger partial charge in [0, 0.05) is 12.1 Å². The van der Waals surface area contributed by atoms with Crippen molar-refractivity contribution < 1.29 is 13.9 Å². The van der Waals surface area contributed by atoms with E-state index in [1.807, 2.05) is 13.8 Å². The zero-order valence-corrected chi connectivity index (χ0v) is 14.1. The maximum Gasteiger partial charge on any atom is 0.261 e. The normalized spacial score (nSPS) is 10.8. The molecule has 1 amide bonds. The van der Waals surface area contributed by atoms with Crippen molar-refractivity contribution >= 4 is 27.5 Å². The number of nitrogens with one attached hydrogen (secondary N) is 1. The van der Waals surface area contributed by atoms with E-state index in [4.69, 9.17) is 4.74 Å². The van der Waals surface area contributed by atoms with E-state index in [2.05, 4.69) is 15.3 Å². The minimum Gasteiger partial charge on any atom is -0.477 e. The number of halogens is 1. The molecule has 5 nitrogen and oxygen atoms in total. The number of carbonyl (C=O) groups excluding carboxylic acids is 1. The highest BCUT2D eigenvalue weighted by atomic mass is 32.1. The molecule has 2 heterocycles. The molecule has 24 heavy (non-hydrogen) atoms. The summed E-state index contributed by atoms with van der Waals surface area (Å²) in [6.07, 6.45) is 1.42. The number of benzene rings is 1. The van der Waals surface area contributed by atoms with E-state index in [9.17, 15) is 9.18 Å². The Morgan fingerprint density at radius 1 is 1.33 bits per heavy atom. The van der Waals surface area contributed by atoms with Crippen molar-refractivity contribution in [3.8, 4) is 5.88 Å². The standard InChI is InChI=1S/C17H16FN3O2S/c1-3-23-16-13-10(2)14(24-17(13)21-9-20-16)15(22)19-8-11-6-4-5-7-12(11)18/h4-7,9H,3,8H2,1-2H3,(H,19,22). The fourth-order valence-electron chi connectivity index (χ4n) is 2.40. The smallest absolute Gasteiger partial charge is 0.261 e. The zero-order chi connectivity index (χ0) is 17.1. The topological polar surface area (TPSA) is 64.1 Å². The van der Waals surface area contributed by atoms with Crippen molar-refractivity contribution in [2.75, 3.05) is 6.61 Å². The SMILES string of the molecule is CCOc1ncnc2sc(C(=O)NCc3ccccc3F)c(C)c12. The molecule has 0 unspecified atom stereocenters. The first-order valence-corrected chi connectivity index (χ1v) is 8.32. The van der Waals surface area contributed by atoms with Crippen molar-refractivity contribution in [1.82, 2.24) is 15.3 Å². The Hall–Kier alpha value is -2.54.